The fourth-order valence-electron chi connectivity index (χ4n) is 6.57. The number of aromatic nitrogens is 3. The van der Waals surface area contributed by atoms with Crippen LogP contribution in [0.3, 0.4) is 0 Å². The first-order valence-electron chi connectivity index (χ1n) is 13.9. The van der Waals surface area contributed by atoms with Gasteiger partial charge in [0.1, 0.15) is 17.5 Å². The van der Waals surface area contributed by atoms with Crippen molar-refractivity contribution in [1.82, 2.24) is 19.7 Å². The molecular formula is C31H32N8O2. The van der Waals surface area contributed by atoms with Crippen LogP contribution in [0.15, 0.2) is 81.9 Å². The molecule has 41 heavy (non-hydrogen) atoms. The predicted molar refractivity (Wildman–Crippen MR) is 157 cm³/mol. The first-order valence-corrected chi connectivity index (χ1v) is 13.9. The van der Waals surface area contributed by atoms with Crippen LogP contribution in [-0.4, -0.2) is 58.0 Å². The number of nitrogens with one attached hydrogen (secondary N) is 1. The SMILES string of the molecule is CN1CC2(C1)CN(c1ccc(Nc3cc(-c4cccc(C5N=NCc6ccccc65)c4CO)nn(C)c3=O)nc1)C2. The van der Waals surface area contributed by atoms with Crippen molar-refractivity contribution in [1.29, 1.82) is 0 Å². The molecule has 5 heterocycles. The van der Waals surface area contributed by atoms with Crippen molar-refractivity contribution in [3.05, 3.63) is 99.5 Å². The number of aryl methyl sites for hydroxylation is 1. The minimum absolute atomic E-state index is 0.204. The molecule has 208 valence electrons. The molecular weight excluding hydrogens is 516 g/mol. The lowest BCUT2D eigenvalue weighted by Crippen LogP contribution is -2.71. The van der Waals surface area contributed by atoms with Crippen molar-refractivity contribution in [3.63, 3.8) is 0 Å². The Labute approximate surface area is 238 Å². The fraction of sp³-hybridized carbons (Fsp3) is 0.323. The van der Waals surface area contributed by atoms with Gasteiger partial charge in [-0.05, 0) is 47.5 Å². The molecule has 2 saturated heterocycles. The van der Waals surface area contributed by atoms with Crippen molar-refractivity contribution >= 4 is 17.2 Å². The Hall–Kier alpha value is -4.41. The number of fused-ring (bicyclic) bond motifs is 1. The zero-order valence-corrected chi connectivity index (χ0v) is 23.2. The summed E-state index contributed by atoms with van der Waals surface area (Å²) in [6.45, 7) is 4.76. The lowest BCUT2D eigenvalue weighted by atomic mass is 9.73. The molecule has 2 aromatic heterocycles. The van der Waals surface area contributed by atoms with Crippen LogP contribution in [0.25, 0.3) is 11.3 Å². The molecule has 0 bridgehead atoms. The molecule has 2 aromatic carbocycles. The first-order chi connectivity index (χ1) is 19.9. The van der Waals surface area contributed by atoms with E-state index in [2.05, 4.69) is 54.6 Å². The molecule has 7 rings (SSSR count). The molecule has 3 aliphatic rings. The second kappa shape index (κ2) is 9.90. The topological polar surface area (TPSA) is 111 Å². The number of rotatable bonds is 6. The largest absolute Gasteiger partial charge is 0.392 e. The van der Waals surface area contributed by atoms with Crippen LogP contribution in [0.1, 0.15) is 28.3 Å². The second-order valence-electron chi connectivity index (χ2n) is 11.5. The summed E-state index contributed by atoms with van der Waals surface area (Å²) in [7, 11) is 3.78. The number of anilines is 3. The molecule has 1 atom stereocenters. The minimum atomic E-state index is -0.318. The molecule has 2 N–H and O–H groups in total. The lowest BCUT2D eigenvalue weighted by Gasteiger charge is -2.60. The predicted octanol–water partition coefficient (Wildman–Crippen LogP) is 3.89. The number of hydrogen-bond donors (Lipinski definition) is 2. The van der Waals surface area contributed by atoms with Gasteiger partial charge in [-0.2, -0.15) is 15.3 Å². The van der Waals surface area contributed by atoms with Gasteiger partial charge in [-0.3, -0.25) is 4.79 Å². The highest BCUT2D eigenvalue weighted by Crippen LogP contribution is 2.41. The van der Waals surface area contributed by atoms with Crippen LogP contribution >= 0.6 is 0 Å². The molecule has 4 aromatic rings. The summed E-state index contributed by atoms with van der Waals surface area (Å²) in [5.74, 6) is 0.581. The van der Waals surface area contributed by atoms with E-state index in [4.69, 9.17) is 0 Å². The van der Waals surface area contributed by atoms with E-state index in [1.54, 1.807) is 13.1 Å². The average molecular weight is 549 g/mol. The molecule has 0 radical (unpaired) electrons. The fourth-order valence-corrected chi connectivity index (χ4v) is 6.57. The van der Waals surface area contributed by atoms with Crippen LogP contribution in [0, 0.1) is 5.41 Å². The standard InChI is InChI=1S/C31H32N8O2/c1-37-16-31(17-37)18-39(19-31)21-10-11-28(32-14-21)34-27-12-26(36-38(2)30(27)41)23-8-5-9-24(25(23)15-40)29-22-7-4-3-6-20(22)13-33-35-29/h3-12,14,29,40H,13,15-19H2,1-2H3,(H,32,34). The van der Waals surface area contributed by atoms with Gasteiger partial charge in [0.25, 0.3) is 5.56 Å². The van der Waals surface area contributed by atoms with E-state index in [0.717, 1.165) is 54.1 Å². The Balaban J connectivity index is 1.17. The maximum absolute atomic E-state index is 13.1. The number of aliphatic hydroxyl groups excluding tert-OH is 1. The molecule has 0 aliphatic carbocycles. The summed E-state index contributed by atoms with van der Waals surface area (Å²) in [5.41, 5.74) is 6.69. The summed E-state index contributed by atoms with van der Waals surface area (Å²) >= 11 is 0. The van der Waals surface area contributed by atoms with E-state index in [0.29, 0.717) is 34.7 Å². The number of pyridine rings is 1. The molecule has 0 saturated carbocycles. The Morgan fingerprint density at radius 3 is 2.56 bits per heavy atom. The molecule has 1 unspecified atom stereocenters. The molecule has 3 aliphatic heterocycles. The van der Waals surface area contributed by atoms with E-state index >= 15 is 0 Å². The zero-order valence-electron chi connectivity index (χ0n) is 23.2. The molecule has 0 amide bonds. The van der Waals surface area contributed by atoms with Crippen molar-refractivity contribution in [2.75, 3.05) is 43.4 Å². The molecule has 2 fully saturated rings. The van der Waals surface area contributed by atoms with Gasteiger partial charge >= 0.3 is 0 Å². The number of likely N-dealkylation sites (tertiary alicyclic amines) is 1. The molecule has 10 heteroatoms. The highest BCUT2D eigenvalue weighted by Gasteiger charge is 2.50. The van der Waals surface area contributed by atoms with Gasteiger partial charge in [0.2, 0.25) is 0 Å². The lowest BCUT2D eigenvalue weighted by molar-refractivity contribution is -0.00241. The van der Waals surface area contributed by atoms with E-state index < -0.39 is 0 Å². The van der Waals surface area contributed by atoms with Crippen molar-refractivity contribution < 1.29 is 5.11 Å². The third-order valence-corrected chi connectivity index (χ3v) is 8.43. The number of aliphatic hydroxyl groups is 1. The van der Waals surface area contributed by atoms with Crippen LogP contribution in [0.2, 0.25) is 0 Å². The van der Waals surface area contributed by atoms with Gasteiger partial charge in [-0.1, -0.05) is 42.5 Å². The van der Waals surface area contributed by atoms with Gasteiger partial charge < -0.3 is 20.2 Å². The average Bonchev–Trinajstić information content (AvgIpc) is 2.96. The first kappa shape index (κ1) is 25.6. The third kappa shape index (κ3) is 4.49. The summed E-state index contributed by atoms with van der Waals surface area (Å²) in [6, 6.07) is 19.3. The van der Waals surface area contributed by atoms with E-state index in [1.165, 1.54) is 4.68 Å². The third-order valence-electron chi connectivity index (χ3n) is 8.43. The van der Waals surface area contributed by atoms with Gasteiger partial charge in [-0.25, -0.2) is 9.67 Å². The summed E-state index contributed by atoms with van der Waals surface area (Å²) in [4.78, 5) is 22.3. The second-order valence-corrected chi connectivity index (χ2v) is 11.5. The number of hydrogen-bond acceptors (Lipinski definition) is 9. The normalized spacial score (nSPS) is 19.0. The van der Waals surface area contributed by atoms with Crippen LogP contribution in [0.5, 0.6) is 0 Å². The molecule has 1 spiro atoms. The minimum Gasteiger partial charge on any atom is -0.392 e. The summed E-state index contributed by atoms with van der Waals surface area (Å²) < 4.78 is 1.31. The maximum atomic E-state index is 13.1. The van der Waals surface area contributed by atoms with Gasteiger partial charge in [0.15, 0.2) is 0 Å². The maximum Gasteiger partial charge on any atom is 0.290 e. The Bertz CT molecular complexity index is 1700. The summed E-state index contributed by atoms with van der Waals surface area (Å²) in [5, 5.41) is 27.2. The Kier molecular flexibility index (Phi) is 6.17. The van der Waals surface area contributed by atoms with Gasteiger partial charge in [0.05, 0.1) is 30.7 Å². The number of benzene rings is 2. The van der Waals surface area contributed by atoms with E-state index in [1.807, 2.05) is 48.7 Å². The highest BCUT2D eigenvalue weighted by atomic mass is 16.3. The van der Waals surface area contributed by atoms with E-state index in [9.17, 15) is 9.90 Å². The number of azo groups is 1. The van der Waals surface area contributed by atoms with Gasteiger partial charge in [-0.15, -0.1) is 0 Å². The highest BCUT2D eigenvalue weighted by molar-refractivity contribution is 5.70. The van der Waals surface area contributed by atoms with Crippen LogP contribution < -0.4 is 15.8 Å². The van der Waals surface area contributed by atoms with Gasteiger partial charge in [0, 0.05) is 44.2 Å². The van der Waals surface area contributed by atoms with E-state index in [-0.39, 0.29) is 18.2 Å². The Morgan fingerprint density at radius 2 is 1.80 bits per heavy atom. The summed E-state index contributed by atoms with van der Waals surface area (Å²) in [6.07, 6.45) is 1.86. The molecule has 10 nitrogen and oxygen atoms in total. The Morgan fingerprint density at radius 1 is 1.00 bits per heavy atom. The van der Waals surface area contributed by atoms with Crippen molar-refractivity contribution in [2.24, 2.45) is 22.7 Å². The van der Waals surface area contributed by atoms with Crippen LogP contribution in [-0.2, 0) is 20.2 Å². The van der Waals surface area contributed by atoms with Crippen molar-refractivity contribution in [2.45, 2.75) is 19.2 Å². The smallest absolute Gasteiger partial charge is 0.290 e. The zero-order chi connectivity index (χ0) is 28.1. The van der Waals surface area contributed by atoms with Crippen LogP contribution in [0.4, 0.5) is 17.2 Å². The monoisotopic (exact) mass is 548 g/mol. The quantitative estimate of drug-likeness (QED) is 0.376. The number of nitrogens with zero attached hydrogens (tertiary/aromatic N) is 7. The van der Waals surface area contributed by atoms with Crippen molar-refractivity contribution in [3.8, 4) is 11.3 Å².